The van der Waals surface area contributed by atoms with E-state index in [-0.39, 0.29) is 11.8 Å². The maximum atomic E-state index is 12.9. The largest absolute Gasteiger partial charge is 0.361 e. The molecule has 6 nitrogen and oxygen atoms in total. The fraction of sp³-hybridized carbons (Fsp3) is 0.500. The van der Waals surface area contributed by atoms with Crippen LogP contribution in [0.2, 0.25) is 0 Å². The van der Waals surface area contributed by atoms with Gasteiger partial charge >= 0.3 is 0 Å². The molecule has 2 aromatic rings. The molecule has 24 heavy (non-hydrogen) atoms. The van der Waals surface area contributed by atoms with Gasteiger partial charge in [-0.05, 0) is 38.8 Å². The van der Waals surface area contributed by atoms with Gasteiger partial charge in [0.25, 0.3) is 0 Å². The summed E-state index contributed by atoms with van der Waals surface area (Å²) in [6.07, 6.45) is 3.73. The standard InChI is InChI=1S/C18H24N4O2/c1-13-16(14(2)24-20-13)12-21(3)18(23)15-7-6-10-22(11-15)17-8-4-5-9-19-17/h4-5,8-9,15H,6-7,10-12H2,1-3H3/t15-/m0/s1. The first-order valence-corrected chi connectivity index (χ1v) is 8.39. The van der Waals surface area contributed by atoms with Gasteiger partial charge in [0.1, 0.15) is 11.6 Å². The average Bonchev–Trinajstić information content (AvgIpc) is 2.94. The second kappa shape index (κ2) is 7.03. The number of aromatic nitrogens is 2. The minimum absolute atomic E-state index is 0.00577. The van der Waals surface area contributed by atoms with Crippen molar-refractivity contribution < 1.29 is 9.32 Å². The number of aryl methyl sites for hydroxylation is 2. The normalized spacial score (nSPS) is 17.8. The number of pyridine rings is 1. The maximum Gasteiger partial charge on any atom is 0.227 e. The molecule has 2 aromatic heterocycles. The van der Waals surface area contributed by atoms with E-state index in [4.69, 9.17) is 4.52 Å². The number of piperidine rings is 1. The van der Waals surface area contributed by atoms with Gasteiger partial charge in [-0.15, -0.1) is 0 Å². The van der Waals surface area contributed by atoms with Crippen LogP contribution in [0.5, 0.6) is 0 Å². The molecule has 0 radical (unpaired) electrons. The number of carbonyl (C=O) groups is 1. The van der Waals surface area contributed by atoms with Crippen LogP contribution in [0.1, 0.15) is 29.9 Å². The molecule has 0 aromatic carbocycles. The van der Waals surface area contributed by atoms with E-state index in [0.717, 1.165) is 48.8 Å². The molecule has 1 amide bonds. The van der Waals surface area contributed by atoms with E-state index >= 15 is 0 Å². The van der Waals surface area contributed by atoms with Gasteiger partial charge in [0, 0.05) is 31.9 Å². The quantitative estimate of drug-likeness (QED) is 0.863. The fourth-order valence-corrected chi connectivity index (χ4v) is 3.28. The molecule has 0 aliphatic carbocycles. The Labute approximate surface area is 142 Å². The first-order chi connectivity index (χ1) is 11.6. The van der Waals surface area contributed by atoms with Crippen molar-refractivity contribution in [2.45, 2.75) is 33.2 Å². The summed E-state index contributed by atoms with van der Waals surface area (Å²) < 4.78 is 5.19. The lowest BCUT2D eigenvalue weighted by atomic mass is 9.96. The number of hydrogen-bond acceptors (Lipinski definition) is 5. The lowest BCUT2D eigenvalue weighted by Gasteiger charge is -2.34. The molecule has 128 valence electrons. The molecule has 0 saturated carbocycles. The number of carbonyl (C=O) groups excluding carboxylic acids is 1. The zero-order valence-electron chi connectivity index (χ0n) is 14.5. The number of amides is 1. The van der Waals surface area contributed by atoms with E-state index in [1.807, 2.05) is 39.1 Å². The summed E-state index contributed by atoms with van der Waals surface area (Å²) in [5.41, 5.74) is 1.86. The predicted octanol–water partition coefficient (Wildman–Crippen LogP) is 2.56. The third kappa shape index (κ3) is 3.42. The maximum absolute atomic E-state index is 12.9. The Kier molecular flexibility index (Phi) is 4.83. The average molecular weight is 328 g/mol. The van der Waals surface area contributed by atoms with Gasteiger partial charge in [-0.2, -0.15) is 0 Å². The SMILES string of the molecule is Cc1noc(C)c1CN(C)C(=O)[C@H]1CCCN(c2ccccn2)C1. The number of anilines is 1. The second-order valence-corrected chi connectivity index (χ2v) is 6.47. The Morgan fingerprint density at radius 3 is 2.92 bits per heavy atom. The van der Waals surface area contributed by atoms with Crippen molar-refractivity contribution in [3.05, 3.63) is 41.4 Å². The first kappa shape index (κ1) is 16.5. The summed E-state index contributed by atoms with van der Waals surface area (Å²) in [4.78, 5) is 21.3. The molecule has 0 N–H and O–H groups in total. The molecule has 6 heteroatoms. The van der Waals surface area contributed by atoms with Crippen molar-refractivity contribution in [1.82, 2.24) is 15.0 Å². The van der Waals surface area contributed by atoms with Crippen molar-refractivity contribution in [1.29, 1.82) is 0 Å². The van der Waals surface area contributed by atoms with Crippen molar-refractivity contribution >= 4 is 11.7 Å². The van der Waals surface area contributed by atoms with Crippen LogP contribution in [0.25, 0.3) is 0 Å². The van der Waals surface area contributed by atoms with E-state index in [1.54, 1.807) is 11.1 Å². The highest BCUT2D eigenvalue weighted by Crippen LogP contribution is 2.24. The lowest BCUT2D eigenvalue weighted by Crippen LogP contribution is -2.43. The van der Waals surface area contributed by atoms with Crippen molar-refractivity contribution in [2.75, 3.05) is 25.0 Å². The minimum atomic E-state index is 0.00577. The molecule has 1 aliphatic rings. The molecule has 3 rings (SSSR count). The zero-order valence-corrected chi connectivity index (χ0v) is 14.5. The number of rotatable bonds is 4. The molecule has 1 saturated heterocycles. The van der Waals surface area contributed by atoms with Crippen LogP contribution in [0, 0.1) is 19.8 Å². The van der Waals surface area contributed by atoms with Crippen LogP contribution in [0.15, 0.2) is 28.9 Å². The van der Waals surface area contributed by atoms with Crippen LogP contribution < -0.4 is 4.90 Å². The van der Waals surface area contributed by atoms with E-state index < -0.39 is 0 Å². The van der Waals surface area contributed by atoms with Crippen LogP contribution in [0.4, 0.5) is 5.82 Å². The van der Waals surface area contributed by atoms with Gasteiger partial charge in [-0.25, -0.2) is 4.98 Å². The van der Waals surface area contributed by atoms with E-state index in [9.17, 15) is 4.79 Å². The van der Waals surface area contributed by atoms with Gasteiger partial charge in [0.2, 0.25) is 5.91 Å². The summed E-state index contributed by atoms with van der Waals surface area (Å²) in [5, 5.41) is 3.96. The van der Waals surface area contributed by atoms with Gasteiger partial charge < -0.3 is 14.3 Å². The van der Waals surface area contributed by atoms with Crippen molar-refractivity contribution in [3.8, 4) is 0 Å². The van der Waals surface area contributed by atoms with Crippen LogP contribution in [-0.4, -0.2) is 41.1 Å². The summed E-state index contributed by atoms with van der Waals surface area (Å²) >= 11 is 0. The summed E-state index contributed by atoms with van der Waals surface area (Å²) in [6.45, 7) is 6.01. The Bertz CT molecular complexity index is 679. The highest BCUT2D eigenvalue weighted by Gasteiger charge is 2.29. The molecule has 1 atom stereocenters. The highest BCUT2D eigenvalue weighted by atomic mass is 16.5. The van der Waals surface area contributed by atoms with Crippen molar-refractivity contribution in [3.63, 3.8) is 0 Å². The second-order valence-electron chi connectivity index (χ2n) is 6.47. The van der Waals surface area contributed by atoms with Gasteiger partial charge in [0.05, 0.1) is 18.2 Å². The fourth-order valence-electron chi connectivity index (χ4n) is 3.28. The third-order valence-corrected chi connectivity index (χ3v) is 4.70. The van der Waals surface area contributed by atoms with E-state index in [0.29, 0.717) is 6.54 Å². The third-order valence-electron chi connectivity index (χ3n) is 4.70. The summed E-state index contributed by atoms with van der Waals surface area (Å²) in [5.74, 6) is 1.91. The van der Waals surface area contributed by atoms with Gasteiger partial charge in [-0.3, -0.25) is 4.79 Å². The summed E-state index contributed by atoms with van der Waals surface area (Å²) in [7, 11) is 1.86. The Morgan fingerprint density at radius 1 is 1.42 bits per heavy atom. The van der Waals surface area contributed by atoms with Gasteiger partial charge in [-0.1, -0.05) is 11.2 Å². The zero-order chi connectivity index (χ0) is 17.1. The molecule has 1 aliphatic heterocycles. The molecule has 0 unspecified atom stereocenters. The topological polar surface area (TPSA) is 62.5 Å². The predicted molar refractivity (Wildman–Crippen MR) is 91.6 cm³/mol. The van der Waals surface area contributed by atoms with Crippen molar-refractivity contribution in [2.24, 2.45) is 5.92 Å². The Balaban J connectivity index is 1.66. The smallest absolute Gasteiger partial charge is 0.227 e. The first-order valence-electron chi connectivity index (χ1n) is 8.39. The Morgan fingerprint density at radius 2 is 2.25 bits per heavy atom. The molecule has 3 heterocycles. The summed E-state index contributed by atoms with van der Waals surface area (Å²) in [6, 6.07) is 5.89. The Hall–Kier alpha value is -2.37. The molecule has 0 bridgehead atoms. The lowest BCUT2D eigenvalue weighted by molar-refractivity contribution is -0.135. The van der Waals surface area contributed by atoms with E-state index in [1.165, 1.54) is 0 Å². The number of nitrogens with zero attached hydrogens (tertiary/aromatic N) is 4. The van der Waals surface area contributed by atoms with Crippen LogP contribution in [-0.2, 0) is 11.3 Å². The molecule has 1 fully saturated rings. The van der Waals surface area contributed by atoms with Gasteiger partial charge in [0.15, 0.2) is 0 Å². The minimum Gasteiger partial charge on any atom is -0.361 e. The highest BCUT2D eigenvalue weighted by molar-refractivity contribution is 5.79. The van der Waals surface area contributed by atoms with E-state index in [2.05, 4.69) is 15.0 Å². The molecular formula is C18H24N4O2. The molecular weight excluding hydrogens is 304 g/mol. The monoisotopic (exact) mass is 328 g/mol. The van der Waals surface area contributed by atoms with Crippen LogP contribution in [0.3, 0.4) is 0 Å². The molecule has 0 spiro atoms. The number of hydrogen-bond donors (Lipinski definition) is 0. The van der Waals surface area contributed by atoms with Crippen LogP contribution >= 0.6 is 0 Å².